The Morgan fingerprint density at radius 2 is 1.89 bits per heavy atom. The van der Waals surface area contributed by atoms with Gasteiger partial charge in [-0.05, 0) is 57.0 Å². The van der Waals surface area contributed by atoms with Gasteiger partial charge in [0.1, 0.15) is 11.6 Å². The summed E-state index contributed by atoms with van der Waals surface area (Å²) in [5.74, 6) is 1.31. The molecule has 202 valence electrons. The second-order valence-corrected chi connectivity index (χ2v) is 10.8. The van der Waals surface area contributed by atoms with E-state index in [1.54, 1.807) is 17.5 Å². The van der Waals surface area contributed by atoms with Crippen molar-refractivity contribution in [2.45, 2.75) is 44.9 Å². The number of benzene rings is 2. The quantitative estimate of drug-likeness (QED) is 0.265. The highest BCUT2D eigenvalue weighted by molar-refractivity contribution is 7.89. The van der Waals surface area contributed by atoms with Crippen LogP contribution in [0, 0.1) is 6.92 Å². The first kappa shape index (κ1) is 27.3. The number of fused-ring (bicyclic) bond motifs is 1. The van der Waals surface area contributed by atoms with Crippen molar-refractivity contribution >= 4 is 21.2 Å². The fraction of sp³-hybridized carbons (Fsp3) is 0.370. The first-order valence-electron chi connectivity index (χ1n) is 12.8. The maximum Gasteiger partial charge on any atom is 0.277 e. The molecule has 4 rings (SSSR count). The molecule has 10 nitrogen and oxygen atoms in total. The number of sulfonamides is 1. The zero-order valence-corrected chi connectivity index (χ0v) is 23.0. The first-order chi connectivity index (χ1) is 18.2. The summed E-state index contributed by atoms with van der Waals surface area (Å²) in [6.07, 6.45) is 2.12. The van der Waals surface area contributed by atoms with Crippen molar-refractivity contribution in [3.05, 3.63) is 70.4 Å². The Hall–Kier alpha value is -3.70. The van der Waals surface area contributed by atoms with Gasteiger partial charge >= 0.3 is 0 Å². The molecule has 2 aromatic heterocycles. The Bertz CT molecular complexity index is 1560. The number of para-hydroxylation sites is 1. The zero-order chi connectivity index (χ0) is 27.3. The van der Waals surface area contributed by atoms with Crippen molar-refractivity contribution < 1.29 is 13.2 Å². The van der Waals surface area contributed by atoms with Gasteiger partial charge in [0.05, 0.1) is 22.8 Å². The van der Waals surface area contributed by atoms with Crippen molar-refractivity contribution in [1.29, 1.82) is 0 Å². The standard InChI is InChI=1S/C27H34N6O4S/c1-5-11-24-29-19(3)25-27(34)30-26(31-33(24)25)22-18-21(14-15-23(22)37-6-2)38(35,36)28-16-10-17-32(4)20-12-8-7-9-13-20/h7-9,12-15,18,28H,5-6,10-11,16-17H2,1-4H3,(H,30,31,34). The normalized spacial score (nSPS) is 11.7. The molecular weight excluding hydrogens is 504 g/mol. The maximum absolute atomic E-state index is 13.1. The van der Waals surface area contributed by atoms with Gasteiger partial charge in [-0.15, -0.1) is 5.10 Å². The Labute approximate surface area is 222 Å². The third-order valence-corrected chi connectivity index (χ3v) is 7.65. The molecule has 0 bridgehead atoms. The van der Waals surface area contributed by atoms with Crippen molar-refractivity contribution in [2.24, 2.45) is 0 Å². The minimum Gasteiger partial charge on any atom is -0.493 e. The predicted molar refractivity (Wildman–Crippen MR) is 148 cm³/mol. The fourth-order valence-corrected chi connectivity index (χ4v) is 5.40. The Morgan fingerprint density at radius 3 is 2.61 bits per heavy atom. The second-order valence-electron chi connectivity index (χ2n) is 9.03. The van der Waals surface area contributed by atoms with Crippen LogP contribution in [-0.4, -0.2) is 54.7 Å². The molecule has 0 saturated heterocycles. The molecule has 0 saturated carbocycles. The smallest absolute Gasteiger partial charge is 0.277 e. The highest BCUT2D eigenvalue weighted by Crippen LogP contribution is 2.30. The lowest BCUT2D eigenvalue weighted by atomic mass is 10.2. The number of H-pyrrole nitrogens is 1. The van der Waals surface area contributed by atoms with Crippen LogP contribution in [0.15, 0.2) is 58.2 Å². The summed E-state index contributed by atoms with van der Waals surface area (Å²) in [7, 11) is -1.84. The first-order valence-corrected chi connectivity index (χ1v) is 14.2. The van der Waals surface area contributed by atoms with Gasteiger partial charge in [-0.3, -0.25) is 4.79 Å². The van der Waals surface area contributed by atoms with Gasteiger partial charge in [-0.25, -0.2) is 22.6 Å². The Balaban J connectivity index is 1.60. The monoisotopic (exact) mass is 538 g/mol. The number of imidazole rings is 1. The van der Waals surface area contributed by atoms with E-state index in [4.69, 9.17) is 4.74 Å². The molecule has 0 fully saturated rings. The topological polar surface area (TPSA) is 122 Å². The molecule has 0 unspecified atom stereocenters. The van der Waals surface area contributed by atoms with Crippen molar-refractivity contribution in [3.63, 3.8) is 0 Å². The summed E-state index contributed by atoms with van der Waals surface area (Å²) >= 11 is 0. The third-order valence-electron chi connectivity index (χ3n) is 6.19. The number of aryl methyl sites for hydroxylation is 2. The molecule has 0 aliphatic carbocycles. The lowest BCUT2D eigenvalue weighted by Gasteiger charge is -2.19. The fourth-order valence-electron chi connectivity index (χ4n) is 4.30. The molecule has 0 atom stereocenters. The number of aromatic amines is 1. The van der Waals surface area contributed by atoms with Gasteiger partial charge in [-0.1, -0.05) is 25.1 Å². The van der Waals surface area contributed by atoms with E-state index in [0.29, 0.717) is 54.3 Å². The van der Waals surface area contributed by atoms with Crippen LogP contribution in [-0.2, 0) is 16.4 Å². The van der Waals surface area contributed by atoms with E-state index >= 15 is 0 Å². The molecule has 0 radical (unpaired) electrons. The lowest BCUT2D eigenvalue weighted by molar-refractivity contribution is 0.341. The highest BCUT2D eigenvalue weighted by Gasteiger charge is 2.21. The predicted octanol–water partition coefficient (Wildman–Crippen LogP) is 3.55. The molecular formula is C27H34N6O4S. The summed E-state index contributed by atoms with van der Waals surface area (Å²) in [5.41, 5.74) is 2.07. The summed E-state index contributed by atoms with van der Waals surface area (Å²) in [5, 5.41) is 4.63. The second kappa shape index (κ2) is 11.8. The zero-order valence-electron chi connectivity index (χ0n) is 22.2. The van der Waals surface area contributed by atoms with Crippen molar-refractivity contribution in [3.8, 4) is 17.1 Å². The average molecular weight is 539 g/mol. The van der Waals surface area contributed by atoms with Gasteiger partial charge in [0.15, 0.2) is 11.3 Å². The molecule has 0 aliphatic heterocycles. The van der Waals surface area contributed by atoms with Crippen LogP contribution in [0.2, 0.25) is 0 Å². The molecule has 2 aromatic carbocycles. The van der Waals surface area contributed by atoms with Crippen LogP contribution in [0.1, 0.15) is 38.2 Å². The van der Waals surface area contributed by atoms with Gasteiger partial charge in [0, 0.05) is 32.2 Å². The summed E-state index contributed by atoms with van der Waals surface area (Å²) in [6, 6.07) is 14.5. The lowest BCUT2D eigenvalue weighted by Crippen LogP contribution is -2.28. The van der Waals surface area contributed by atoms with Gasteiger partial charge < -0.3 is 14.6 Å². The average Bonchev–Trinajstić information content (AvgIpc) is 3.22. The van der Waals surface area contributed by atoms with E-state index in [-0.39, 0.29) is 22.8 Å². The minimum atomic E-state index is -3.81. The van der Waals surface area contributed by atoms with Crippen molar-refractivity contribution in [2.75, 3.05) is 31.6 Å². The molecule has 0 spiro atoms. The van der Waals surface area contributed by atoms with Crippen LogP contribution in [0.4, 0.5) is 5.69 Å². The van der Waals surface area contributed by atoms with Gasteiger partial charge in [0.25, 0.3) is 5.56 Å². The maximum atomic E-state index is 13.1. The molecule has 38 heavy (non-hydrogen) atoms. The number of nitrogens with one attached hydrogen (secondary N) is 2. The SMILES string of the molecule is CCCc1nc(C)c2c(=O)[nH]c(-c3cc(S(=O)(=O)NCCCN(C)c4ccccc4)ccc3OCC)nn12. The third kappa shape index (κ3) is 5.89. The van der Waals surface area contributed by atoms with Gasteiger partial charge in [0.2, 0.25) is 10.0 Å². The molecule has 2 heterocycles. The van der Waals surface area contributed by atoms with Crippen LogP contribution in [0.3, 0.4) is 0 Å². The van der Waals surface area contributed by atoms with E-state index < -0.39 is 10.0 Å². The largest absolute Gasteiger partial charge is 0.493 e. The minimum absolute atomic E-state index is 0.0608. The molecule has 2 N–H and O–H groups in total. The number of anilines is 1. The van der Waals surface area contributed by atoms with Crippen molar-refractivity contribution in [1.82, 2.24) is 24.3 Å². The molecule has 0 amide bonds. The molecule has 0 aliphatic rings. The van der Waals surface area contributed by atoms with Gasteiger partial charge in [-0.2, -0.15) is 0 Å². The number of rotatable bonds is 12. The highest BCUT2D eigenvalue weighted by atomic mass is 32.2. The number of hydrogen-bond acceptors (Lipinski definition) is 7. The summed E-state index contributed by atoms with van der Waals surface area (Å²) in [4.78, 5) is 22.4. The van der Waals surface area contributed by atoms with E-state index in [1.165, 1.54) is 12.1 Å². The summed E-state index contributed by atoms with van der Waals surface area (Å²) < 4.78 is 36.3. The van der Waals surface area contributed by atoms with Crippen LogP contribution < -0.4 is 19.9 Å². The number of hydrogen-bond donors (Lipinski definition) is 2. The van der Waals surface area contributed by atoms with Crippen LogP contribution in [0.25, 0.3) is 16.9 Å². The molecule has 4 aromatic rings. The Kier molecular flexibility index (Phi) is 8.48. The number of ether oxygens (including phenoxy) is 1. The van der Waals surface area contributed by atoms with E-state index in [0.717, 1.165) is 12.1 Å². The number of nitrogens with zero attached hydrogens (tertiary/aromatic N) is 4. The van der Waals surface area contributed by atoms with Crippen LogP contribution >= 0.6 is 0 Å². The van der Waals surface area contributed by atoms with E-state index in [1.807, 2.05) is 51.2 Å². The van der Waals surface area contributed by atoms with E-state index in [2.05, 4.69) is 24.7 Å². The summed E-state index contributed by atoms with van der Waals surface area (Å²) in [6.45, 7) is 6.96. The van der Waals surface area contributed by atoms with Crippen LogP contribution in [0.5, 0.6) is 5.75 Å². The Morgan fingerprint density at radius 1 is 1.13 bits per heavy atom. The van der Waals surface area contributed by atoms with E-state index in [9.17, 15) is 13.2 Å². The number of aromatic nitrogens is 4. The molecule has 11 heteroatoms.